The summed E-state index contributed by atoms with van der Waals surface area (Å²) in [6.07, 6.45) is 0. The first kappa shape index (κ1) is 21.7. The standard InChI is InChI=1S/C13H8Br2F3NO4S3/c14-9-1-5-11(6-2-9)25(20,21)19(24-13(16,17)18)26(22,23)12-7-3-10(15)4-8-12/h1-8H. The van der Waals surface area contributed by atoms with Gasteiger partial charge in [-0.1, -0.05) is 31.9 Å². The predicted octanol–water partition coefficient (Wildman–Crippen LogP) is 4.76. The summed E-state index contributed by atoms with van der Waals surface area (Å²) in [5, 5.41) is 0. The molecule has 0 bridgehead atoms. The van der Waals surface area contributed by atoms with Gasteiger partial charge in [-0.3, -0.25) is 0 Å². The number of hydrogen-bond donors (Lipinski definition) is 0. The lowest BCUT2D eigenvalue weighted by Gasteiger charge is -2.21. The maximum Gasteiger partial charge on any atom is 0.458 e. The molecule has 0 aliphatic carbocycles. The molecule has 0 aromatic heterocycles. The van der Waals surface area contributed by atoms with Crippen molar-refractivity contribution in [3.8, 4) is 0 Å². The molecule has 0 atom stereocenters. The van der Waals surface area contributed by atoms with Gasteiger partial charge < -0.3 is 0 Å². The summed E-state index contributed by atoms with van der Waals surface area (Å²) in [6.45, 7) is 0. The molecule has 5 nitrogen and oxygen atoms in total. The van der Waals surface area contributed by atoms with Gasteiger partial charge >= 0.3 is 5.51 Å². The second-order valence-corrected chi connectivity index (χ2v) is 11.7. The number of alkyl halides is 3. The minimum Gasteiger partial charge on any atom is -0.205 e. The quantitative estimate of drug-likeness (QED) is 0.498. The molecule has 0 aliphatic rings. The van der Waals surface area contributed by atoms with Crippen LogP contribution in [0, 0.1) is 0 Å². The van der Waals surface area contributed by atoms with Gasteiger partial charge in [0.1, 0.15) is 0 Å². The first-order valence-electron chi connectivity index (χ1n) is 6.41. The Kier molecular flexibility index (Phi) is 6.51. The van der Waals surface area contributed by atoms with E-state index in [1.807, 2.05) is 0 Å². The molecule has 0 saturated carbocycles. The maximum atomic E-state index is 12.9. The van der Waals surface area contributed by atoms with Crippen molar-refractivity contribution < 1.29 is 30.0 Å². The molecule has 142 valence electrons. The molecule has 0 amide bonds. The highest BCUT2D eigenvalue weighted by atomic mass is 79.9. The van der Waals surface area contributed by atoms with Crippen LogP contribution in [0.1, 0.15) is 0 Å². The Balaban J connectivity index is 2.63. The van der Waals surface area contributed by atoms with Crippen molar-refractivity contribution in [1.82, 2.24) is 3.12 Å². The summed E-state index contributed by atoms with van der Waals surface area (Å²) in [5.41, 5.74) is -5.15. The minimum absolute atomic E-state index is 0.474. The van der Waals surface area contributed by atoms with Crippen LogP contribution in [0.4, 0.5) is 13.2 Å². The molecular formula is C13H8Br2F3NO4S3. The Morgan fingerprint density at radius 3 is 1.31 bits per heavy atom. The molecule has 0 unspecified atom stereocenters. The maximum absolute atomic E-state index is 12.9. The highest BCUT2D eigenvalue weighted by Gasteiger charge is 2.46. The fourth-order valence-corrected chi connectivity index (χ4v) is 7.06. The average molecular weight is 555 g/mol. The van der Waals surface area contributed by atoms with Crippen LogP contribution in [0.3, 0.4) is 0 Å². The zero-order valence-electron chi connectivity index (χ0n) is 12.3. The average Bonchev–Trinajstić information content (AvgIpc) is 2.52. The van der Waals surface area contributed by atoms with E-state index in [0.717, 1.165) is 24.3 Å². The number of benzene rings is 2. The Morgan fingerprint density at radius 1 is 0.731 bits per heavy atom. The summed E-state index contributed by atoms with van der Waals surface area (Å²) >= 11 is 4.88. The number of nitrogens with zero attached hydrogens (tertiary/aromatic N) is 1. The van der Waals surface area contributed by atoms with E-state index < -0.39 is 50.4 Å². The van der Waals surface area contributed by atoms with Crippen LogP contribution in [0.25, 0.3) is 0 Å². The van der Waals surface area contributed by atoms with E-state index in [2.05, 4.69) is 31.9 Å². The van der Waals surface area contributed by atoms with Gasteiger partial charge in [0.25, 0.3) is 20.0 Å². The molecule has 0 heterocycles. The van der Waals surface area contributed by atoms with E-state index in [1.165, 1.54) is 24.3 Å². The van der Waals surface area contributed by atoms with E-state index in [4.69, 9.17) is 0 Å². The minimum atomic E-state index is -5.15. The number of rotatable bonds is 5. The molecule has 0 fully saturated rings. The van der Waals surface area contributed by atoms with Gasteiger partial charge in [0.05, 0.1) is 21.7 Å². The van der Waals surface area contributed by atoms with E-state index in [9.17, 15) is 30.0 Å². The van der Waals surface area contributed by atoms with Gasteiger partial charge in [-0.2, -0.15) is 13.2 Å². The highest BCUT2D eigenvalue weighted by molar-refractivity contribution is 9.10. The van der Waals surface area contributed by atoms with Crippen LogP contribution < -0.4 is 0 Å². The third-order valence-corrected chi connectivity index (χ3v) is 9.53. The van der Waals surface area contributed by atoms with Crippen LogP contribution in [0.5, 0.6) is 0 Å². The van der Waals surface area contributed by atoms with Crippen molar-refractivity contribution in [3.63, 3.8) is 0 Å². The Labute approximate surface area is 169 Å². The van der Waals surface area contributed by atoms with Crippen molar-refractivity contribution >= 4 is 63.9 Å². The molecule has 13 heteroatoms. The Morgan fingerprint density at radius 2 is 1.04 bits per heavy atom. The first-order chi connectivity index (χ1) is 11.8. The second-order valence-electron chi connectivity index (χ2n) is 4.62. The van der Waals surface area contributed by atoms with Gasteiger partial charge in [0, 0.05) is 8.95 Å². The van der Waals surface area contributed by atoms with Crippen LogP contribution in [0.2, 0.25) is 0 Å². The molecule has 0 aliphatic heterocycles. The third kappa shape index (κ3) is 5.01. The topological polar surface area (TPSA) is 71.5 Å². The molecule has 0 saturated heterocycles. The fourth-order valence-electron chi connectivity index (χ4n) is 1.70. The monoisotopic (exact) mass is 553 g/mol. The van der Waals surface area contributed by atoms with Crippen molar-refractivity contribution in [2.45, 2.75) is 15.3 Å². The Hall–Kier alpha value is -0.600. The summed E-state index contributed by atoms with van der Waals surface area (Å²) in [7, 11) is -10.0. The summed E-state index contributed by atoms with van der Waals surface area (Å²) < 4.78 is 89.5. The first-order valence-corrected chi connectivity index (χ1v) is 11.7. The second kappa shape index (κ2) is 7.80. The molecule has 2 aromatic carbocycles. The lowest BCUT2D eigenvalue weighted by molar-refractivity contribution is -0.0342. The van der Waals surface area contributed by atoms with Crippen molar-refractivity contribution in [2.75, 3.05) is 0 Å². The zero-order chi connectivity index (χ0) is 19.8. The Bertz CT molecular complexity index is 917. The van der Waals surface area contributed by atoms with Crippen molar-refractivity contribution in [1.29, 1.82) is 0 Å². The van der Waals surface area contributed by atoms with Crippen molar-refractivity contribution in [2.24, 2.45) is 0 Å². The molecule has 2 rings (SSSR count). The smallest absolute Gasteiger partial charge is 0.205 e. The molecular weight excluding hydrogens is 547 g/mol. The zero-order valence-corrected chi connectivity index (χ0v) is 17.9. The molecule has 26 heavy (non-hydrogen) atoms. The highest BCUT2D eigenvalue weighted by Crippen LogP contribution is 2.41. The van der Waals surface area contributed by atoms with E-state index in [-0.39, 0.29) is 0 Å². The van der Waals surface area contributed by atoms with Gasteiger partial charge in [-0.15, -0.1) is 0 Å². The normalized spacial score (nSPS) is 13.2. The molecule has 0 N–H and O–H groups in total. The van der Waals surface area contributed by atoms with Gasteiger partial charge in [0.15, 0.2) is 0 Å². The van der Waals surface area contributed by atoms with E-state index in [1.54, 1.807) is 0 Å². The fraction of sp³-hybridized carbons (Fsp3) is 0.0769. The SMILES string of the molecule is O=S(=O)(c1ccc(Br)cc1)N(SC(F)(F)F)S(=O)(=O)c1ccc(Br)cc1. The largest absolute Gasteiger partial charge is 0.458 e. The number of sulfonamides is 2. The van der Waals surface area contributed by atoms with Crippen LogP contribution in [-0.2, 0) is 20.0 Å². The van der Waals surface area contributed by atoms with Gasteiger partial charge in [-0.25, -0.2) is 16.8 Å². The van der Waals surface area contributed by atoms with E-state index >= 15 is 0 Å². The molecule has 2 aromatic rings. The molecule has 0 radical (unpaired) electrons. The molecule has 0 spiro atoms. The van der Waals surface area contributed by atoms with Crippen LogP contribution in [0.15, 0.2) is 67.3 Å². The third-order valence-electron chi connectivity index (χ3n) is 2.79. The summed E-state index contributed by atoms with van der Waals surface area (Å²) in [6, 6.07) is 9.10. The van der Waals surface area contributed by atoms with Crippen LogP contribution >= 0.6 is 43.8 Å². The lowest BCUT2D eigenvalue weighted by atomic mass is 10.4. The lowest BCUT2D eigenvalue weighted by Crippen LogP contribution is -2.34. The van der Waals surface area contributed by atoms with Crippen molar-refractivity contribution in [3.05, 3.63) is 57.5 Å². The van der Waals surface area contributed by atoms with E-state index in [0.29, 0.717) is 8.95 Å². The van der Waals surface area contributed by atoms with Crippen LogP contribution in [-0.4, -0.2) is 25.5 Å². The van der Waals surface area contributed by atoms with Gasteiger partial charge in [-0.05, 0) is 51.6 Å². The summed E-state index contributed by atoms with van der Waals surface area (Å²) in [4.78, 5) is -1.20. The number of hydrogen-bond acceptors (Lipinski definition) is 5. The van der Waals surface area contributed by atoms with Gasteiger partial charge in [0.2, 0.25) is 0 Å². The predicted molar refractivity (Wildman–Crippen MR) is 98.1 cm³/mol. The number of halogens is 5. The summed E-state index contributed by atoms with van der Waals surface area (Å²) in [5.74, 6) is 0.